The van der Waals surface area contributed by atoms with Crippen LogP contribution in [0.4, 0.5) is 0 Å². The van der Waals surface area contributed by atoms with Gasteiger partial charge < -0.3 is 20.3 Å². The Hall–Kier alpha value is -2.58. The normalized spacial score (nSPS) is 20.2. The van der Waals surface area contributed by atoms with E-state index in [0.29, 0.717) is 41.1 Å². The van der Waals surface area contributed by atoms with Crippen LogP contribution < -0.4 is 10.1 Å². The SMILES string of the molecule is CCN1CCCC1CNC(=O)c1ccc(Cl)c2c1OC(C)C2.O=C(O)C=CC(=O)O. The number of nitrogens with zero attached hydrogens (tertiary/aromatic N) is 1. The van der Waals surface area contributed by atoms with E-state index in [2.05, 4.69) is 17.1 Å². The highest BCUT2D eigenvalue weighted by molar-refractivity contribution is 6.31. The van der Waals surface area contributed by atoms with Crippen molar-refractivity contribution in [2.75, 3.05) is 19.6 Å². The van der Waals surface area contributed by atoms with Gasteiger partial charge in [-0.15, -0.1) is 0 Å². The molecule has 0 radical (unpaired) electrons. The summed E-state index contributed by atoms with van der Waals surface area (Å²) in [4.78, 5) is 34.1. The monoisotopic (exact) mass is 438 g/mol. The predicted octanol–water partition coefficient (Wildman–Crippen LogP) is 2.59. The zero-order chi connectivity index (χ0) is 22.3. The van der Waals surface area contributed by atoms with Gasteiger partial charge in [0.15, 0.2) is 0 Å². The van der Waals surface area contributed by atoms with Crippen LogP contribution in [0.15, 0.2) is 24.3 Å². The first-order chi connectivity index (χ1) is 14.2. The topological polar surface area (TPSA) is 116 Å². The standard InChI is InChI=1S/C17H23ClN2O2.C4H4O4/c1-3-20-8-4-5-12(20)10-19-17(21)13-6-7-15(18)14-9-11(2)22-16(13)14;5-3(6)1-2-4(7)8/h6-7,11-12H,3-5,8-10H2,1-2H3,(H,19,21);1-2H,(H,5,6)(H,7,8). The van der Waals surface area contributed by atoms with E-state index in [1.807, 2.05) is 6.92 Å². The van der Waals surface area contributed by atoms with Crippen LogP contribution in [-0.4, -0.2) is 64.7 Å². The van der Waals surface area contributed by atoms with E-state index in [4.69, 9.17) is 26.6 Å². The maximum atomic E-state index is 12.5. The van der Waals surface area contributed by atoms with E-state index in [1.165, 1.54) is 6.42 Å². The molecular weight excluding hydrogens is 412 g/mol. The summed E-state index contributed by atoms with van der Waals surface area (Å²) in [6.07, 6.45) is 4.32. The smallest absolute Gasteiger partial charge is 0.328 e. The summed E-state index contributed by atoms with van der Waals surface area (Å²) in [5, 5.41) is 19.4. The molecular formula is C21H27ClN2O6. The Balaban J connectivity index is 0.000000343. The van der Waals surface area contributed by atoms with Crippen molar-refractivity contribution in [1.29, 1.82) is 0 Å². The van der Waals surface area contributed by atoms with Crippen molar-refractivity contribution in [3.63, 3.8) is 0 Å². The summed E-state index contributed by atoms with van der Waals surface area (Å²) in [7, 11) is 0. The Morgan fingerprint density at radius 2 is 1.93 bits per heavy atom. The maximum absolute atomic E-state index is 12.5. The van der Waals surface area contributed by atoms with Crippen LogP contribution in [-0.2, 0) is 16.0 Å². The van der Waals surface area contributed by atoms with Crippen molar-refractivity contribution in [2.24, 2.45) is 0 Å². The third-order valence-electron chi connectivity index (χ3n) is 5.03. The molecule has 1 saturated heterocycles. The lowest BCUT2D eigenvalue weighted by Gasteiger charge is -2.23. The molecule has 1 aromatic carbocycles. The fourth-order valence-electron chi connectivity index (χ4n) is 3.63. The summed E-state index contributed by atoms with van der Waals surface area (Å²) in [5.41, 5.74) is 1.56. The van der Waals surface area contributed by atoms with Gasteiger partial charge in [0.25, 0.3) is 5.91 Å². The second-order valence-electron chi connectivity index (χ2n) is 7.18. The molecule has 2 unspecified atom stereocenters. The molecule has 1 aromatic rings. The molecule has 0 aliphatic carbocycles. The number of benzene rings is 1. The zero-order valence-electron chi connectivity index (χ0n) is 17.1. The number of carboxylic acid groups (broad SMARTS) is 2. The lowest BCUT2D eigenvalue weighted by atomic mass is 10.1. The second kappa shape index (κ2) is 11.0. The van der Waals surface area contributed by atoms with Crippen molar-refractivity contribution in [1.82, 2.24) is 10.2 Å². The maximum Gasteiger partial charge on any atom is 0.328 e. The van der Waals surface area contributed by atoms with E-state index in [0.717, 1.165) is 31.5 Å². The predicted molar refractivity (Wildman–Crippen MR) is 112 cm³/mol. The number of ether oxygens (including phenoxy) is 1. The number of hydrogen-bond donors (Lipinski definition) is 3. The van der Waals surface area contributed by atoms with E-state index in [-0.39, 0.29) is 12.0 Å². The van der Waals surface area contributed by atoms with Crippen LogP contribution in [0.2, 0.25) is 5.02 Å². The molecule has 1 fully saturated rings. The minimum atomic E-state index is -1.26. The van der Waals surface area contributed by atoms with Gasteiger partial charge in [0.05, 0.1) is 5.56 Å². The number of hydrogen-bond acceptors (Lipinski definition) is 5. The van der Waals surface area contributed by atoms with E-state index < -0.39 is 11.9 Å². The Bertz CT molecular complexity index is 810. The Kier molecular flexibility index (Phi) is 8.68. The van der Waals surface area contributed by atoms with E-state index in [1.54, 1.807) is 12.1 Å². The number of halogens is 1. The summed E-state index contributed by atoms with van der Waals surface area (Å²) >= 11 is 6.21. The average molecular weight is 439 g/mol. The molecule has 9 heteroatoms. The molecule has 30 heavy (non-hydrogen) atoms. The lowest BCUT2D eigenvalue weighted by molar-refractivity contribution is -0.134. The number of carboxylic acids is 2. The highest BCUT2D eigenvalue weighted by atomic mass is 35.5. The van der Waals surface area contributed by atoms with Gasteiger partial charge in [0.2, 0.25) is 0 Å². The fraction of sp³-hybridized carbons (Fsp3) is 0.476. The van der Waals surface area contributed by atoms with Gasteiger partial charge >= 0.3 is 11.9 Å². The second-order valence-corrected chi connectivity index (χ2v) is 7.59. The van der Waals surface area contributed by atoms with Gasteiger partial charge in [-0.3, -0.25) is 9.69 Å². The Labute approximate surface area is 180 Å². The molecule has 3 rings (SSSR count). The van der Waals surface area contributed by atoms with Gasteiger partial charge in [-0.2, -0.15) is 0 Å². The number of likely N-dealkylation sites (N-methyl/N-ethyl adjacent to an activating group) is 1. The quantitative estimate of drug-likeness (QED) is 0.584. The van der Waals surface area contributed by atoms with E-state index >= 15 is 0 Å². The summed E-state index contributed by atoms with van der Waals surface area (Å²) < 4.78 is 5.80. The van der Waals surface area contributed by atoms with Gasteiger partial charge in [-0.05, 0) is 45.0 Å². The number of aliphatic carboxylic acids is 2. The molecule has 2 heterocycles. The minimum absolute atomic E-state index is 0.0648. The molecule has 1 amide bonds. The molecule has 0 saturated carbocycles. The number of rotatable bonds is 6. The van der Waals surface area contributed by atoms with Crippen LogP contribution in [0.1, 0.15) is 42.6 Å². The van der Waals surface area contributed by atoms with Crippen LogP contribution in [0.3, 0.4) is 0 Å². The number of likely N-dealkylation sites (tertiary alicyclic amines) is 1. The van der Waals surface area contributed by atoms with Crippen LogP contribution in [0.5, 0.6) is 5.75 Å². The first kappa shape index (κ1) is 23.7. The van der Waals surface area contributed by atoms with Gasteiger partial charge in [-0.1, -0.05) is 18.5 Å². The van der Waals surface area contributed by atoms with Crippen molar-refractivity contribution < 1.29 is 29.3 Å². The number of carbonyl (C=O) groups excluding carboxylic acids is 1. The van der Waals surface area contributed by atoms with Crippen molar-refractivity contribution in [2.45, 2.75) is 45.3 Å². The Morgan fingerprint density at radius 3 is 2.53 bits per heavy atom. The highest BCUT2D eigenvalue weighted by Gasteiger charge is 2.28. The molecule has 2 atom stereocenters. The largest absolute Gasteiger partial charge is 0.489 e. The zero-order valence-corrected chi connectivity index (χ0v) is 17.8. The lowest BCUT2D eigenvalue weighted by Crippen LogP contribution is -2.40. The number of amides is 1. The van der Waals surface area contributed by atoms with E-state index in [9.17, 15) is 14.4 Å². The summed E-state index contributed by atoms with van der Waals surface area (Å²) in [6.45, 7) is 7.03. The fourth-order valence-corrected chi connectivity index (χ4v) is 3.85. The molecule has 0 aromatic heterocycles. The molecule has 0 bridgehead atoms. The summed E-state index contributed by atoms with van der Waals surface area (Å²) in [6, 6.07) is 4.01. The number of carbonyl (C=O) groups is 3. The van der Waals surface area contributed by atoms with Crippen LogP contribution in [0, 0.1) is 0 Å². The first-order valence-corrected chi connectivity index (χ1v) is 10.2. The van der Waals surface area contributed by atoms with Gasteiger partial charge in [-0.25, -0.2) is 9.59 Å². The van der Waals surface area contributed by atoms with Gasteiger partial charge in [0, 0.05) is 41.7 Å². The highest BCUT2D eigenvalue weighted by Crippen LogP contribution is 2.37. The molecule has 8 nitrogen and oxygen atoms in total. The van der Waals surface area contributed by atoms with Crippen molar-refractivity contribution in [3.05, 3.63) is 40.4 Å². The Morgan fingerprint density at radius 1 is 1.27 bits per heavy atom. The van der Waals surface area contributed by atoms with Crippen molar-refractivity contribution >= 4 is 29.4 Å². The van der Waals surface area contributed by atoms with Crippen LogP contribution >= 0.6 is 11.6 Å². The van der Waals surface area contributed by atoms with Crippen molar-refractivity contribution in [3.8, 4) is 5.75 Å². The van der Waals surface area contributed by atoms with Crippen LogP contribution in [0.25, 0.3) is 0 Å². The number of nitrogens with one attached hydrogen (secondary N) is 1. The molecule has 2 aliphatic heterocycles. The first-order valence-electron chi connectivity index (χ1n) is 9.87. The van der Waals surface area contributed by atoms with Gasteiger partial charge in [0.1, 0.15) is 11.9 Å². The third-order valence-corrected chi connectivity index (χ3v) is 5.38. The summed E-state index contributed by atoms with van der Waals surface area (Å²) in [5.74, 6) is -1.92. The number of fused-ring (bicyclic) bond motifs is 1. The molecule has 0 spiro atoms. The average Bonchev–Trinajstić information content (AvgIpc) is 3.31. The molecule has 164 valence electrons. The minimum Gasteiger partial charge on any atom is -0.489 e. The molecule has 2 aliphatic rings. The third kappa shape index (κ3) is 6.47. The molecule has 3 N–H and O–H groups in total.